The summed E-state index contributed by atoms with van der Waals surface area (Å²) in [6, 6.07) is 1.64. The lowest BCUT2D eigenvalue weighted by Gasteiger charge is -2.12. The predicted molar refractivity (Wildman–Crippen MR) is 93.6 cm³/mol. The van der Waals surface area contributed by atoms with Crippen LogP contribution in [-0.2, 0) is 29.9 Å². The van der Waals surface area contributed by atoms with E-state index in [0.717, 1.165) is 5.69 Å². The lowest BCUT2D eigenvalue weighted by molar-refractivity contribution is 0.598. The van der Waals surface area contributed by atoms with E-state index in [1.54, 1.807) is 17.8 Å². The fourth-order valence-corrected chi connectivity index (χ4v) is 4.19. The molecule has 2 rings (SSSR count). The Bertz CT molecular complexity index is 840. The van der Waals surface area contributed by atoms with Crippen LogP contribution in [0, 0.1) is 6.92 Å². The zero-order valence-electron chi connectivity index (χ0n) is 15.1. The highest BCUT2D eigenvalue weighted by atomic mass is 32.2. The molecule has 0 aliphatic carbocycles. The molecule has 0 aliphatic heterocycles. The summed E-state index contributed by atoms with van der Waals surface area (Å²) in [7, 11) is -1.99. The van der Waals surface area contributed by atoms with E-state index in [1.807, 2.05) is 34.6 Å². The zero-order valence-corrected chi connectivity index (χ0v) is 15.9. The maximum absolute atomic E-state index is 12.9. The molecule has 0 radical (unpaired) electrons. The van der Waals surface area contributed by atoms with E-state index in [-0.39, 0.29) is 10.8 Å². The van der Waals surface area contributed by atoms with E-state index in [4.69, 9.17) is 0 Å². The van der Waals surface area contributed by atoms with Crippen molar-refractivity contribution >= 4 is 15.8 Å². The van der Waals surface area contributed by atoms with Gasteiger partial charge in [0.2, 0.25) is 0 Å². The molecule has 0 unspecified atom stereocenters. The third-order valence-electron chi connectivity index (χ3n) is 3.75. The number of sulfonamides is 1. The van der Waals surface area contributed by atoms with Crippen LogP contribution in [0.3, 0.4) is 0 Å². The first-order valence-electron chi connectivity index (χ1n) is 8.12. The van der Waals surface area contributed by atoms with Gasteiger partial charge in [-0.05, 0) is 19.8 Å². The van der Waals surface area contributed by atoms with Gasteiger partial charge in [-0.15, -0.1) is 0 Å². The number of anilines is 1. The minimum Gasteiger partial charge on any atom is -0.271 e. The molecule has 2 aromatic heterocycles. The van der Waals surface area contributed by atoms with Gasteiger partial charge in [0.05, 0.1) is 11.4 Å². The number of rotatable bonds is 6. The van der Waals surface area contributed by atoms with E-state index < -0.39 is 10.0 Å². The summed E-state index contributed by atoms with van der Waals surface area (Å²) in [6.45, 7) is 9.58. The summed E-state index contributed by atoms with van der Waals surface area (Å²) in [4.78, 5) is 8.94. The van der Waals surface area contributed by atoms with Gasteiger partial charge in [0.15, 0.2) is 0 Å². The second-order valence-electron chi connectivity index (χ2n) is 6.07. The van der Waals surface area contributed by atoms with Crippen LogP contribution >= 0.6 is 0 Å². The van der Waals surface area contributed by atoms with Gasteiger partial charge in [-0.2, -0.15) is 5.10 Å². The maximum Gasteiger partial charge on any atom is 0.266 e. The lowest BCUT2D eigenvalue weighted by atomic mass is 10.2. The molecule has 0 saturated heterocycles. The van der Waals surface area contributed by atoms with Crippen molar-refractivity contribution in [2.24, 2.45) is 7.05 Å². The molecule has 0 aromatic carbocycles. The van der Waals surface area contributed by atoms with Crippen LogP contribution in [0.15, 0.2) is 11.0 Å². The van der Waals surface area contributed by atoms with Crippen molar-refractivity contribution in [3.63, 3.8) is 0 Å². The van der Waals surface area contributed by atoms with Gasteiger partial charge in [0.25, 0.3) is 10.0 Å². The number of nitrogens with zero attached hydrogens (tertiary/aromatic N) is 4. The average Bonchev–Trinajstić information content (AvgIpc) is 2.82. The minimum absolute atomic E-state index is 0.115. The zero-order chi connectivity index (χ0) is 18.1. The van der Waals surface area contributed by atoms with Crippen LogP contribution in [0.4, 0.5) is 5.82 Å². The smallest absolute Gasteiger partial charge is 0.266 e. The molecule has 0 spiro atoms. The molecule has 2 heterocycles. The van der Waals surface area contributed by atoms with Crippen molar-refractivity contribution in [3.8, 4) is 0 Å². The van der Waals surface area contributed by atoms with Crippen molar-refractivity contribution in [1.29, 1.82) is 0 Å². The Morgan fingerprint density at radius 2 is 1.88 bits per heavy atom. The van der Waals surface area contributed by atoms with E-state index in [0.29, 0.717) is 35.9 Å². The third kappa shape index (κ3) is 3.58. The molecular formula is C16H25N5O2S. The van der Waals surface area contributed by atoms with Crippen molar-refractivity contribution in [2.45, 2.75) is 58.3 Å². The van der Waals surface area contributed by atoms with Crippen molar-refractivity contribution in [3.05, 3.63) is 29.0 Å². The van der Waals surface area contributed by atoms with Crippen molar-refractivity contribution < 1.29 is 8.42 Å². The largest absolute Gasteiger partial charge is 0.271 e. The van der Waals surface area contributed by atoms with Crippen LogP contribution in [0.2, 0.25) is 0 Å². The van der Waals surface area contributed by atoms with E-state index in [1.165, 1.54) is 0 Å². The monoisotopic (exact) mass is 351 g/mol. The summed E-state index contributed by atoms with van der Waals surface area (Å²) in [5.74, 6) is 1.02. The topological polar surface area (TPSA) is 89.8 Å². The molecule has 132 valence electrons. The lowest BCUT2D eigenvalue weighted by Crippen LogP contribution is -2.18. The van der Waals surface area contributed by atoms with Gasteiger partial charge >= 0.3 is 0 Å². The molecule has 0 aliphatic rings. The summed E-state index contributed by atoms with van der Waals surface area (Å²) < 4.78 is 30.1. The summed E-state index contributed by atoms with van der Waals surface area (Å²) in [6.07, 6.45) is 1.13. The molecule has 0 atom stereocenters. The van der Waals surface area contributed by atoms with E-state index in [9.17, 15) is 8.42 Å². The molecule has 0 amide bonds. The second-order valence-corrected chi connectivity index (χ2v) is 7.69. The Labute approximate surface area is 143 Å². The SMILES string of the molecule is CCc1nn(C)c(CC)c1S(=O)(=O)Nc1cc(C)nc(C(C)C)n1. The minimum atomic E-state index is -3.76. The third-order valence-corrected chi connectivity index (χ3v) is 5.24. The molecule has 7 nitrogen and oxygen atoms in total. The molecule has 2 aromatic rings. The van der Waals surface area contributed by atoms with Gasteiger partial charge in [0, 0.05) is 24.7 Å². The number of aryl methyl sites for hydroxylation is 3. The number of hydrogen-bond donors (Lipinski definition) is 1. The van der Waals surface area contributed by atoms with Crippen molar-refractivity contribution in [2.75, 3.05) is 4.72 Å². The molecule has 8 heteroatoms. The van der Waals surface area contributed by atoms with Crippen LogP contribution in [0.25, 0.3) is 0 Å². The van der Waals surface area contributed by atoms with Crippen LogP contribution in [0.1, 0.15) is 56.5 Å². The second kappa shape index (κ2) is 6.88. The fraction of sp³-hybridized carbons (Fsp3) is 0.562. The van der Waals surface area contributed by atoms with Crippen LogP contribution in [0.5, 0.6) is 0 Å². The Balaban J connectivity index is 2.50. The predicted octanol–water partition coefficient (Wildman–Crippen LogP) is 2.57. The molecule has 0 fully saturated rings. The number of aromatic nitrogens is 4. The summed E-state index contributed by atoms with van der Waals surface area (Å²) in [5, 5.41) is 4.34. The molecular weight excluding hydrogens is 326 g/mol. The number of hydrogen-bond acceptors (Lipinski definition) is 5. The molecule has 0 saturated carbocycles. The van der Waals surface area contributed by atoms with Crippen LogP contribution < -0.4 is 4.72 Å². The first-order chi connectivity index (χ1) is 11.2. The Morgan fingerprint density at radius 1 is 1.21 bits per heavy atom. The Hall–Kier alpha value is -1.96. The molecule has 0 bridgehead atoms. The van der Waals surface area contributed by atoms with Gasteiger partial charge in [-0.3, -0.25) is 9.40 Å². The summed E-state index contributed by atoms with van der Waals surface area (Å²) >= 11 is 0. The normalized spacial score (nSPS) is 12.0. The number of nitrogens with one attached hydrogen (secondary N) is 1. The first-order valence-corrected chi connectivity index (χ1v) is 9.61. The van der Waals surface area contributed by atoms with E-state index >= 15 is 0 Å². The van der Waals surface area contributed by atoms with E-state index in [2.05, 4.69) is 19.8 Å². The van der Waals surface area contributed by atoms with Gasteiger partial charge in [-0.25, -0.2) is 18.4 Å². The van der Waals surface area contributed by atoms with Gasteiger partial charge in [-0.1, -0.05) is 27.7 Å². The average molecular weight is 351 g/mol. The molecule has 1 N–H and O–H groups in total. The van der Waals surface area contributed by atoms with Crippen LogP contribution in [-0.4, -0.2) is 28.2 Å². The van der Waals surface area contributed by atoms with Crippen molar-refractivity contribution in [1.82, 2.24) is 19.7 Å². The highest BCUT2D eigenvalue weighted by molar-refractivity contribution is 7.92. The fourth-order valence-electron chi connectivity index (χ4n) is 2.62. The Kier molecular flexibility index (Phi) is 5.27. The van der Waals surface area contributed by atoms with Gasteiger partial charge < -0.3 is 0 Å². The highest BCUT2D eigenvalue weighted by Crippen LogP contribution is 2.24. The maximum atomic E-state index is 12.9. The molecule has 24 heavy (non-hydrogen) atoms. The first kappa shape index (κ1) is 18.4. The quantitative estimate of drug-likeness (QED) is 0.864. The van der Waals surface area contributed by atoms with Gasteiger partial charge in [0.1, 0.15) is 16.5 Å². The highest BCUT2D eigenvalue weighted by Gasteiger charge is 2.27. The summed E-state index contributed by atoms with van der Waals surface area (Å²) in [5.41, 5.74) is 1.98. The Morgan fingerprint density at radius 3 is 2.42 bits per heavy atom. The standard InChI is InChI=1S/C16H25N5O2S/c1-7-12-15(13(8-2)21(6)19-12)24(22,23)20-14-9-11(5)17-16(18-14)10(3)4/h9-10H,7-8H2,1-6H3,(H,17,18,20).